The summed E-state index contributed by atoms with van der Waals surface area (Å²) in [6.45, 7) is 3.82. The third kappa shape index (κ3) is 4.95. The van der Waals surface area contributed by atoms with Crippen molar-refractivity contribution in [2.75, 3.05) is 12.0 Å². The molecule has 5 heteroatoms. The van der Waals surface area contributed by atoms with Crippen molar-refractivity contribution >= 4 is 23.6 Å². The van der Waals surface area contributed by atoms with Gasteiger partial charge in [-0.3, -0.25) is 4.79 Å². The lowest BCUT2D eigenvalue weighted by molar-refractivity contribution is -0.139. The van der Waals surface area contributed by atoms with Gasteiger partial charge in [-0.2, -0.15) is 11.8 Å². The van der Waals surface area contributed by atoms with Gasteiger partial charge in [0.25, 0.3) is 5.91 Å². The zero-order valence-electron chi connectivity index (χ0n) is 11.4. The van der Waals surface area contributed by atoms with Gasteiger partial charge >= 0.3 is 5.97 Å². The number of nitrogens with one attached hydrogen (secondary N) is 1. The monoisotopic (exact) mass is 281 g/mol. The average molecular weight is 281 g/mol. The highest BCUT2D eigenvalue weighted by molar-refractivity contribution is 7.98. The molecular weight excluding hydrogens is 262 g/mol. The first-order valence-electron chi connectivity index (χ1n) is 6.05. The number of aryl methyl sites for hydroxylation is 2. The highest BCUT2D eigenvalue weighted by Gasteiger charge is 2.20. The fourth-order valence-electron chi connectivity index (χ4n) is 1.84. The van der Waals surface area contributed by atoms with E-state index in [0.29, 0.717) is 17.7 Å². The number of hydrogen-bond donors (Lipinski definition) is 2. The average Bonchev–Trinajstić information content (AvgIpc) is 2.32. The molecule has 0 heterocycles. The summed E-state index contributed by atoms with van der Waals surface area (Å²) in [5.41, 5.74) is 2.48. The Bertz CT molecular complexity index is 454. The molecule has 1 amide bonds. The Hall–Kier alpha value is -1.49. The Morgan fingerprint density at radius 3 is 2.32 bits per heavy atom. The fraction of sp³-hybridized carbons (Fsp3) is 0.429. The third-order valence-electron chi connectivity index (χ3n) is 2.70. The number of carboxylic acids is 1. The molecule has 0 radical (unpaired) electrons. The molecule has 1 aromatic rings. The molecule has 0 saturated heterocycles. The molecule has 0 aliphatic heterocycles. The van der Waals surface area contributed by atoms with Crippen LogP contribution in [0.15, 0.2) is 18.2 Å². The Labute approximate surface area is 117 Å². The number of carbonyl (C=O) groups is 2. The predicted molar refractivity (Wildman–Crippen MR) is 77.8 cm³/mol. The molecule has 1 aromatic carbocycles. The lowest BCUT2D eigenvalue weighted by atomic mass is 10.1. The van der Waals surface area contributed by atoms with Crippen molar-refractivity contribution in [3.8, 4) is 0 Å². The van der Waals surface area contributed by atoms with E-state index in [4.69, 9.17) is 5.11 Å². The minimum Gasteiger partial charge on any atom is -0.480 e. The van der Waals surface area contributed by atoms with Crippen LogP contribution in [0.2, 0.25) is 0 Å². The van der Waals surface area contributed by atoms with Crippen LogP contribution in [0, 0.1) is 13.8 Å². The molecule has 104 valence electrons. The molecule has 0 aromatic heterocycles. The van der Waals surface area contributed by atoms with Crippen molar-refractivity contribution < 1.29 is 14.7 Å². The molecule has 1 atom stereocenters. The number of thioether (sulfide) groups is 1. The lowest BCUT2D eigenvalue weighted by Crippen LogP contribution is -2.41. The zero-order valence-corrected chi connectivity index (χ0v) is 12.2. The molecule has 19 heavy (non-hydrogen) atoms. The minimum atomic E-state index is -0.994. The van der Waals surface area contributed by atoms with Crippen LogP contribution in [0.1, 0.15) is 27.9 Å². The Morgan fingerprint density at radius 2 is 1.84 bits per heavy atom. The molecule has 0 fully saturated rings. The number of benzene rings is 1. The van der Waals surface area contributed by atoms with E-state index in [0.717, 1.165) is 11.1 Å². The highest BCUT2D eigenvalue weighted by Crippen LogP contribution is 2.10. The first-order chi connectivity index (χ1) is 8.93. The molecule has 0 bridgehead atoms. The second-order valence-corrected chi connectivity index (χ2v) is 5.51. The van der Waals surface area contributed by atoms with E-state index in [1.165, 1.54) is 0 Å². The van der Waals surface area contributed by atoms with Crippen LogP contribution in [-0.4, -0.2) is 35.0 Å². The summed E-state index contributed by atoms with van der Waals surface area (Å²) in [5, 5.41) is 11.7. The Kier molecular flexibility index (Phi) is 5.89. The largest absolute Gasteiger partial charge is 0.480 e. The highest BCUT2D eigenvalue weighted by atomic mass is 32.2. The molecule has 0 saturated carbocycles. The first kappa shape index (κ1) is 15.6. The van der Waals surface area contributed by atoms with Crippen molar-refractivity contribution in [2.45, 2.75) is 26.3 Å². The van der Waals surface area contributed by atoms with Crippen LogP contribution < -0.4 is 5.32 Å². The SMILES string of the molecule is CSCC[C@@H](NC(=O)c1cc(C)cc(C)c1)C(=O)O. The van der Waals surface area contributed by atoms with Gasteiger partial charge in [-0.15, -0.1) is 0 Å². The number of carboxylic acid groups (broad SMARTS) is 1. The second kappa shape index (κ2) is 7.19. The van der Waals surface area contributed by atoms with Crippen molar-refractivity contribution in [1.82, 2.24) is 5.32 Å². The molecule has 0 unspecified atom stereocenters. The molecule has 0 aliphatic carbocycles. The van der Waals surface area contributed by atoms with Gasteiger partial charge in [0, 0.05) is 5.56 Å². The maximum Gasteiger partial charge on any atom is 0.326 e. The van der Waals surface area contributed by atoms with E-state index in [2.05, 4.69) is 5.32 Å². The zero-order chi connectivity index (χ0) is 14.4. The van der Waals surface area contributed by atoms with Crippen molar-refractivity contribution in [3.05, 3.63) is 34.9 Å². The van der Waals surface area contributed by atoms with E-state index in [-0.39, 0.29) is 5.91 Å². The lowest BCUT2D eigenvalue weighted by Gasteiger charge is -2.14. The molecule has 0 aliphatic rings. The summed E-state index contributed by atoms with van der Waals surface area (Å²) in [4.78, 5) is 23.1. The van der Waals surface area contributed by atoms with Gasteiger partial charge < -0.3 is 10.4 Å². The second-order valence-electron chi connectivity index (χ2n) is 4.52. The van der Waals surface area contributed by atoms with Crippen LogP contribution >= 0.6 is 11.8 Å². The summed E-state index contributed by atoms with van der Waals surface area (Å²) < 4.78 is 0. The van der Waals surface area contributed by atoms with Gasteiger partial charge in [0.15, 0.2) is 0 Å². The summed E-state index contributed by atoms with van der Waals surface area (Å²) in [6, 6.07) is 4.66. The molecule has 0 spiro atoms. The van der Waals surface area contributed by atoms with Gasteiger partial charge in [0.2, 0.25) is 0 Å². The summed E-state index contributed by atoms with van der Waals surface area (Å²) >= 11 is 1.56. The first-order valence-corrected chi connectivity index (χ1v) is 7.44. The normalized spacial score (nSPS) is 11.9. The Balaban J connectivity index is 2.78. The third-order valence-corrected chi connectivity index (χ3v) is 3.34. The standard InChI is InChI=1S/C14H19NO3S/c1-9-6-10(2)8-11(7-9)13(16)15-12(14(17)18)4-5-19-3/h6-8,12H,4-5H2,1-3H3,(H,15,16)(H,17,18)/t12-/m1/s1. The van der Waals surface area contributed by atoms with E-state index >= 15 is 0 Å². The van der Waals surface area contributed by atoms with E-state index < -0.39 is 12.0 Å². The number of hydrogen-bond acceptors (Lipinski definition) is 3. The molecule has 4 nitrogen and oxygen atoms in total. The van der Waals surface area contributed by atoms with E-state index in [1.54, 1.807) is 23.9 Å². The van der Waals surface area contributed by atoms with Crippen LogP contribution in [0.25, 0.3) is 0 Å². The summed E-state index contributed by atoms with van der Waals surface area (Å²) in [6.07, 6.45) is 2.33. The van der Waals surface area contributed by atoms with Gasteiger partial charge in [-0.05, 0) is 44.4 Å². The summed E-state index contributed by atoms with van der Waals surface area (Å²) in [7, 11) is 0. The van der Waals surface area contributed by atoms with Crippen molar-refractivity contribution in [2.24, 2.45) is 0 Å². The van der Waals surface area contributed by atoms with Gasteiger partial charge in [0.1, 0.15) is 6.04 Å². The van der Waals surface area contributed by atoms with Crippen LogP contribution in [-0.2, 0) is 4.79 Å². The van der Waals surface area contributed by atoms with E-state index in [9.17, 15) is 9.59 Å². The number of amides is 1. The molecule has 1 rings (SSSR count). The smallest absolute Gasteiger partial charge is 0.326 e. The van der Waals surface area contributed by atoms with Crippen molar-refractivity contribution in [3.63, 3.8) is 0 Å². The maximum absolute atomic E-state index is 12.0. The predicted octanol–water partition coefficient (Wildman–Crippen LogP) is 2.24. The van der Waals surface area contributed by atoms with Crippen LogP contribution in [0.3, 0.4) is 0 Å². The van der Waals surface area contributed by atoms with Gasteiger partial charge in [-0.25, -0.2) is 4.79 Å². The topological polar surface area (TPSA) is 66.4 Å². The molecule has 2 N–H and O–H groups in total. The maximum atomic E-state index is 12.0. The fourth-order valence-corrected chi connectivity index (χ4v) is 2.31. The quantitative estimate of drug-likeness (QED) is 0.839. The Morgan fingerprint density at radius 1 is 1.26 bits per heavy atom. The van der Waals surface area contributed by atoms with Crippen LogP contribution in [0.5, 0.6) is 0 Å². The van der Waals surface area contributed by atoms with E-state index in [1.807, 2.05) is 26.2 Å². The minimum absolute atomic E-state index is 0.333. The van der Waals surface area contributed by atoms with Crippen LogP contribution in [0.4, 0.5) is 0 Å². The number of rotatable bonds is 6. The molecular formula is C14H19NO3S. The van der Waals surface area contributed by atoms with Gasteiger partial charge in [-0.1, -0.05) is 17.2 Å². The number of aliphatic carboxylic acids is 1. The van der Waals surface area contributed by atoms with Gasteiger partial charge in [0.05, 0.1) is 0 Å². The van der Waals surface area contributed by atoms with Crippen molar-refractivity contribution in [1.29, 1.82) is 0 Å². The number of carbonyl (C=O) groups excluding carboxylic acids is 1. The summed E-state index contributed by atoms with van der Waals surface area (Å²) in [5.74, 6) is -0.628.